The molecule has 0 unspecified atom stereocenters. The van der Waals surface area contributed by atoms with Gasteiger partial charge in [-0.3, -0.25) is 9.63 Å². The molecule has 172 valence electrons. The number of hydrogen-bond donors (Lipinski definition) is 0. The van der Waals surface area contributed by atoms with Crippen molar-refractivity contribution in [1.82, 2.24) is 5.06 Å². The number of nitrogens with zero attached hydrogens (tertiary/aromatic N) is 1. The predicted octanol–water partition coefficient (Wildman–Crippen LogP) is 5.34. The van der Waals surface area contributed by atoms with Gasteiger partial charge in [-0.25, -0.2) is 0 Å². The van der Waals surface area contributed by atoms with Crippen LogP contribution in [0.25, 0.3) is 0 Å². The van der Waals surface area contributed by atoms with Crippen molar-refractivity contribution in [2.24, 2.45) is 5.92 Å². The molecule has 0 aliphatic carbocycles. The van der Waals surface area contributed by atoms with Crippen LogP contribution in [0.15, 0.2) is 60.7 Å². The molecule has 2 fully saturated rings. The maximum atomic E-state index is 12.9. The minimum atomic E-state index is -2.00. The van der Waals surface area contributed by atoms with Crippen molar-refractivity contribution in [3.05, 3.63) is 71.8 Å². The molecule has 6 heteroatoms. The number of ether oxygens (including phenoxy) is 1. The summed E-state index contributed by atoms with van der Waals surface area (Å²) in [5.74, 6) is -0.272. The van der Waals surface area contributed by atoms with E-state index >= 15 is 0 Å². The van der Waals surface area contributed by atoms with Crippen LogP contribution in [0.3, 0.4) is 0 Å². The van der Waals surface area contributed by atoms with E-state index in [1.165, 1.54) is 0 Å². The van der Waals surface area contributed by atoms with Crippen molar-refractivity contribution in [2.45, 2.75) is 70.1 Å². The summed E-state index contributed by atoms with van der Waals surface area (Å²) in [5.41, 5.74) is 2.16. The fraction of sp³-hybridized carbons (Fsp3) is 0.500. The second kappa shape index (κ2) is 8.75. The minimum absolute atomic E-state index is 0.0582. The lowest BCUT2D eigenvalue weighted by Crippen LogP contribution is -2.47. The molecule has 5 nitrogen and oxygen atoms in total. The quantitative estimate of drug-likeness (QED) is 0.436. The fourth-order valence-corrected chi connectivity index (χ4v) is 5.92. The average molecular weight is 454 g/mol. The summed E-state index contributed by atoms with van der Waals surface area (Å²) in [6.45, 7) is 13.7. The number of carbonyl (C=O) groups is 1. The number of cyclic esters (lactones) is 1. The van der Waals surface area contributed by atoms with Gasteiger partial charge in [-0.2, -0.15) is 5.06 Å². The average Bonchev–Trinajstić information content (AvgIpc) is 3.30. The molecule has 32 heavy (non-hydrogen) atoms. The Morgan fingerprint density at radius 2 is 1.53 bits per heavy atom. The highest BCUT2D eigenvalue weighted by atomic mass is 28.4. The molecule has 2 heterocycles. The predicted molar refractivity (Wildman–Crippen MR) is 127 cm³/mol. The van der Waals surface area contributed by atoms with Gasteiger partial charge in [0.25, 0.3) is 0 Å². The smallest absolute Gasteiger partial charge is 0.326 e. The largest absolute Gasteiger partial charge is 0.464 e. The fourth-order valence-electron chi connectivity index (χ4n) is 4.50. The normalized spacial score (nSPS) is 25.1. The molecule has 2 aliphatic rings. The summed E-state index contributed by atoms with van der Waals surface area (Å²) in [6.07, 6.45) is -0.384. The molecule has 0 amide bonds. The number of rotatable bonds is 6. The summed E-state index contributed by atoms with van der Waals surface area (Å²) in [5, 5.41) is 1.97. The third kappa shape index (κ3) is 4.29. The zero-order valence-electron chi connectivity index (χ0n) is 19.9. The first kappa shape index (κ1) is 23.2. The first-order chi connectivity index (χ1) is 15.1. The van der Waals surface area contributed by atoms with Gasteiger partial charge in [0.05, 0.1) is 24.7 Å². The Labute approximate surface area is 192 Å². The molecule has 0 saturated carbocycles. The van der Waals surface area contributed by atoms with Crippen molar-refractivity contribution >= 4 is 14.3 Å². The van der Waals surface area contributed by atoms with Crippen molar-refractivity contribution in [3.8, 4) is 0 Å². The van der Waals surface area contributed by atoms with E-state index in [2.05, 4.69) is 65.1 Å². The molecular formula is C26H35NO4Si. The van der Waals surface area contributed by atoms with Gasteiger partial charge in [-0.15, -0.1) is 0 Å². The second-order valence-electron chi connectivity index (χ2n) is 10.5. The molecular weight excluding hydrogens is 418 g/mol. The van der Waals surface area contributed by atoms with E-state index in [0.717, 1.165) is 11.1 Å². The van der Waals surface area contributed by atoms with E-state index in [0.29, 0.717) is 6.61 Å². The Bertz CT molecular complexity index is 888. The number of fused-ring (bicyclic) bond motifs is 1. The Balaban J connectivity index is 1.68. The zero-order valence-corrected chi connectivity index (χ0v) is 20.9. The summed E-state index contributed by atoms with van der Waals surface area (Å²) in [6, 6.07) is 19.8. The molecule has 0 spiro atoms. The Morgan fingerprint density at radius 3 is 2.03 bits per heavy atom. The first-order valence-electron chi connectivity index (χ1n) is 11.5. The summed E-state index contributed by atoms with van der Waals surface area (Å²) in [7, 11) is -2.00. The summed E-state index contributed by atoms with van der Waals surface area (Å²) >= 11 is 0. The van der Waals surface area contributed by atoms with Gasteiger partial charge in [0.2, 0.25) is 0 Å². The van der Waals surface area contributed by atoms with Crippen LogP contribution in [0.1, 0.15) is 44.9 Å². The lowest BCUT2D eigenvalue weighted by atomic mass is 9.92. The van der Waals surface area contributed by atoms with Crippen LogP contribution >= 0.6 is 0 Å². The maximum Gasteiger partial charge on any atom is 0.326 e. The second-order valence-corrected chi connectivity index (χ2v) is 15.2. The minimum Gasteiger partial charge on any atom is -0.464 e. The van der Waals surface area contributed by atoms with Gasteiger partial charge in [-0.05, 0) is 36.2 Å². The topological polar surface area (TPSA) is 48.0 Å². The molecule has 2 aromatic carbocycles. The monoisotopic (exact) mass is 453 g/mol. The standard InChI is InChI=1S/C26H35NO4Si/c1-18(31-32(5,6)26(2,3)4)24-21-17-29-25(28)23(21)27(30-24)22(19-13-9-7-10-14-19)20-15-11-8-12-16-20/h7-16,18,21-24H,17H2,1-6H3/t18-,21-,23-,24-/m0/s1. The van der Waals surface area contributed by atoms with E-state index in [1.807, 2.05) is 41.5 Å². The number of benzene rings is 2. The van der Waals surface area contributed by atoms with Crippen molar-refractivity contribution in [2.75, 3.05) is 6.61 Å². The highest BCUT2D eigenvalue weighted by molar-refractivity contribution is 6.74. The molecule has 2 aliphatic heterocycles. The van der Waals surface area contributed by atoms with Gasteiger partial charge < -0.3 is 9.16 Å². The van der Waals surface area contributed by atoms with Crippen LogP contribution in [0.4, 0.5) is 0 Å². The molecule has 2 saturated heterocycles. The Hall–Kier alpha value is -1.99. The lowest BCUT2D eigenvalue weighted by molar-refractivity contribution is -0.209. The highest BCUT2D eigenvalue weighted by Gasteiger charge is 2.57. The third-order valence-electron chi connectivity index (χ3n) is 7.24. The van der Waals surface area contributed by atoms with Crippen molar-refractivity contribution in [3.63, 3.8) is 0 Å². The van der Waals surface area contributed by atoms with Crippen LogP contribution < -0.4 is 0 Å². The number of carbonyl (C=O) groups excluding carboxylic acids is 1. The first-order valence-corrected chi connectivity index (χ1v) is 14.4. The molecule has 4 rings (SSSR count). The third-order valence-corrected chi connectivity index (χ3v) is 11.8. The van der Waals surface area contributed by atoms with Gasteiger partial charge in [-0.1, -0.05) is 81.4 Å². The van der Waals surface area contributed by atoms with Crippen LogP contribution in [-0.4, -0.2) is 44.2 Å². The van der Waals surface area contributed by atoms with Gasteiger partial charge in [0.1, 0.15) is 12.1 Å². The van der Waals surface area contributed by atoms with Crippen molar-refractivity contribution < 1.29 is 18.8 Å². The van der Waals surface area contributed by atoms with Gasteiger partial charge in [0, 0.05) is 0 Å². The molecule has 0 N–H and O–H groups in total. The van der Waals surface area contributed by atoms with Crippen LogP contribution in [0.2, 0.25) is 18.1 Å². The van der Waals surface area contributed by atoms with Crippen LogP contribution in [0.5, 0.6) is 0 Å². The molecule has 0 radical (unpaired) electrons. The Kier molecular flexibility index (Phi) is 6.33. The van der Waals surface area contributed by atoms with Crippen LogP contribution in [-0.2, 0) is 18.8 Å². The number of esters is 1. The van der Waals surface area contributed by atoms with Gasteiger partial charge in [0.15, 0.2) is 8.32 Å². The van der Waals surface area contributed by atoms with E-state index in [1.54, 1.807) is 0 Å². The van der Waals surface area contributed by atoms with Gasteiger partial charge >= 0.3 is 5.97 Å². The number of hydroxylamine groups is 2. The summed E-state index contributed by atoms with van der Waals surface area (Å²) < 4.78 is 12.2. The zero-order chi connectivity index (χ0) is 23.1. The molecule has 0 bridgehead atoms. The SMILES string of the molecule is C[C@H](O[Si](C)(C)C(C)(C)C)[C@@H]1ON(C(c2ccccc2)c2ccccc2)[C@@H]2C(=O)OC[C@H]12. The van der Waals surface area contributed by atoms with Crippen LogP contribution in [0, 0.1) is 5.92 Å². The Morgan fingerprint density at radius 1 is 1.00 bits per heavy atom. The lowest BCUT2D eigenvalue weighted by Gasteiger charge is -2.40. The van der Waals surface area contributed by atoms with E-state index in [4.69, 9.17) is 14.0 Å². The van der Waals surface area contributed by atoms with E-state index in [-0.39, 0.29) is 35.2 Å². The maximum absolute atomic E-state index is 12.9. The van der Waals surface area contributed by atoms with E-state index in [9.17, 15) is 4.79 Å². The molecule has 0 aromatic heterocycles. The van der Waals surface area contributed by atoms with Crippen molar-refractivity contribution in [1.29, 1.82) is 0 Å². The molecule has 4 atom stereocenters. The highest BCUT2D eigenvalue weighted by Crippen LogP contribution is 2.45. The molecule has 2 aromatic rings. The number of hydrogen-bond acceptors (Lipinski definition) is 5. The summed E-state index contributed by atoms with van der Waals surface area (Å²) in [4.78, 5) is 19.5. The van der Waals surface area contributed by atoms with E-state index < -0.39 is 14.4 Å².